The van der Waals surface area contributed by atoms with Crippen LogP contribution in [0.15, 0.2) is 12.1 Å². The van der Waals surface area contributed by atoms with Crippen molar-refractivity contribution in [2.45, 2.75) is 6.42 Å². The van der Waals surface area contributed by atoms with Gasteiger partial charge in [-0.25, -0.2) is 8.78 Å². The maximum Gasteiger partial charge on any atom is 0.162 e. The Kier molecular flexibility index (Phi) is 2.86. The molecule has 1 fully saturated rings. The third-order valence-electron chi connectivity index (χ3n) is 2.70. The molecule has 0 spiro atoms. The van der Waals surface area contributed by atoms with E-state index in [1.807, 2.05) is 0 Å². The summed E-state index contributed by atoms with van der Waals surface area (Å²) < 4.78 is 31.0. The highest BCUT2D eigenvalue weighted by Crippen LogP contribution is 2.25. The standard InChI is InChI=1S/C11H13F2NO/c1-15-11-4-10(13)9(12)3-8(11)2-7-5-14-6-7/h3-4,7,14H,2,5-6H2,1H3. The van der Waals surface area contributed by atoms with Gasteiger partial charge in [0.1, 0.15) is 5.75 Å². The largest absolute Gasteiger partial charge is 0.496 e. The van der Waals surface area contributed by atoms with Crippen molar-refractivity contribution in [1.29, 1.82) is 0 Å². The fourth-order valence-corrected chi connectivity index (χ4v) is 1.72. The number of halogens is 2. The highest BCUT2D eigenvalue weighted by molar-refractivity contribution is 5.35. The lowest BCUT2D eigenvalue weighted by molar-refractivity contribution is 0.336. The molecule has 0 atom stereocenters. The minimum atomic E-state index is -0.859. The Hall–Kier alpha value is -1.16. The van der Waals surface area contributed by atoms with Crippen molar-refractivity contribution in [3.8, 4) is 5.75 Å². The van der Waals surface area contributed by atoms with Gasteiger partial charge >= 0.3 is 0 Å². The van der Waals surface area contributed by atoms with Gasteiger partial charge in [-0.15, -0.1) is 0 Å². The molecule has 0 aliphatic carbocycles. The van der Waals surface area contributed by atoms with E-state index in [4.69, 9.17) is 4.74 Å². The van der Waals surface area contributed by atoms with Gasteiger partial charge in [-0.1, -0.05) is 0 Å². The van der Waals surface area contributed by atoms with Crippen molar-refractivity contribution in [3.63, 3.8) is 0 Å². The van der Waals surface area contributed by atoms with E-state index < -0.39 is 11.6 Å². The van der Waals surface area contributed by atoms with Crippen LogP contribution < -0.4 is 10.1 Å². The smallest absolute Gasteiger partial charge is 0.162 e. The van der Waals surface area contributed by atoms with Gasteiger partial charge in [0.25, 0.3) is 0 Å². The van der Waals surface area contributed by atoms with Crippen molar-refractivity contribution >= 4 is 0 Å². The van der Waals surface area contributed by atoms with E-state index in [0.717, 1.165) is 31.1 Å². The summed E-state index contributed by atoms with van der Waals surface area (Å²) >= 11 is 0. The number of benzene rings is 1. The molecule has 1 N–H and O–H groups in total. The number of ether oxygens (including phenoxy) is 1. The molecular formula is C11H13F2NO. The highest BCUT2D eigenvalue weighted by Gasteiger charge is 2.20. The minimum Gasteiger partial charge on any atom is -0.496 e. The average molecular weight is 213 g/mol. The maximum absolute atomic E-state index is 13.0. The Balaban J connectivity index is 2.23. The lowest BCUT2D eigenvalue weighted by Crippen LogP contribution is -2.43. The van der Waals surface area contributed by atoms with Gasteiger partial charge in [-0.3, -0.25) is 0 Å². The van der Waals surface area contributed by atoms with E-state index in [2.05, 4.69) is 5.32 Å². The molecule has 15 heavy (non-hydrogen) atoms. The zero-order valence-electron chi connectivity index (χ0n) is 8.52. The fourth-order valence-electron chi connectivity index (χ4n) is 1.72. The number of hydrogen-bond donors (Lipinski definition) is 1. The molecule has 1 aliphatic heterocycles. The van der Waals surface area contributed by atoms with Crippen LogP contribution in [0.4, 0.5) is 8.78 Å². The SMILES string of the molecule is COc1cc(F)c(F)cc1CC1CNC1. The van der Waals surface area contributed by atoms with E-state index in [-0.39, 0.29) is 0 Å². The molecule has 0 bridgehead atoms. The van der Waals surface area contributed by atoms with Crippen LogP contribution in [0, 0.1) is 17.6 Å². The second-order valence-corrected chi connectivity index (χ2v) is 3.81. The molecule has 1 aliphatic rings. The van der Waals surface area contributed by atoms with Crippen LogP contribution >= 0.6 is 0 Å². The Morgan fingerprint density at radius 1 is 1.33 bits per heavy atom. The summed E-state index contributed by atoms with van der Waals surface area (Å²) in [5, 5.41) is 3.14. The summed E-state index contributed by atoms with van der Waals surface area (Å²) in [5.74, 6) is -0.732. The van der Waals surface area contributed by atoms with Gasteiger partial charge in [0, 0.05) is 6.07 Å². The summed E-state index contributed by atoms with van der Waals surface area (Å²) in [4.78, 5) is 0. The van der Waals surface area contributed by atoms with Gasteiger partial charge in [-0.05, 0) is 37.1 Å². The molecule has 1 saturated heterocycles. The van der Waals surface area contributed by atoms with Gasteiger partial charge in [-0.2, -0.15) is 0 Å². The minimum absolute atomic E-state index is 0.431. The van der Waals surface area contributed by atoms with E-state index in [9.17, 15) is 8.78 Å². The molecule has 1 aromatic carbocycles. The van der Waals surface area contributed by atoms with Crippen LogP contribution in [0.1, 0.15) is 5.56 Å². The number of rotatable bonds is 3. The third kappa shape index (κ3) is 2.09. The van der Waals surface area contributed by atoms with Crippen molar-refractivity contribution in [1.82, 2.24) is 5.32 Å². The van der Waals surface area contributed by atoms with Crippen molar-refractivity contribution in [3.05, 3.63) is 29.3 Å². The second kappa shape index (κ2) is 4.14. The predicted octanol–water partition coefficient (Wildman–Crippen LogP) is 1.74. The normalized spacial score (nSPS) is 16.2. The Labute approximate surface area is 87.2 Å². The van der Waals surface area contributed by atoms with E-state index in [0.29, 0.717) is 11.7 Å². The van der Waals surface area contributed by atoms with Gasteiger partial charge in [0.15, 0.2) is 11.6 Å². The zero-order valence-corrected chi connectivity index (χ0v) is 8.52. The summed E-state index contributed by atoms with van der Waals surface area (Å²) in [6.07, 6.45) is 0.730. The first-order valence-corrected chi connectivity index (χ1v) is 4.93. The molecule has 0 aromatic heterocycles. The first-order valence-electron chi connectivity index (χ1n) is 4.93. The molecule has 0 amide bonds. The van der Waals surface area contributed by atoms with Crippen LogP contribution in [0.5, 0.6) is 5.75 Å². The summed E-state index contributed by atoms with van der Waals surface area (Å²) in [5.41, 5.74) is 0.739. The zero-order chi connectivity index (χ0) is 10.8. The van der Waals surface area contributed by atoms with Crippen molar-refractivity contribution in [2.75, 3.05) is 20.2 Å². The molecule has 0 unspecified atom stereocenters. The van der Waals surface area contributed by atoms with Crippen molar-refractivity contribution in [2.24, 2.45) is 5.92 Å². The molecular weight excluding hydrogens is 200 g/mol. The maximum atomic E-state index is 13.0. The molecule has 1 heterocycles. The molecule has 1 aromatic rings. The van der Waals surface area contributed by atoms with Gasteiger partial charge in [0.05, 0.1) is 7.11 Å². The summed E-state index contributed by atoms with van der Waals surface area (Å²) in [6.45, 7) is 1.87. The topological polar surface area (TPSA) is 21.3 Å². The molecule has 0 radical (unpaired) electrons. The summed E-state index contributed by atoms with van der Waals surface area (Å²) in [7, 11) is 1.47. The van der Waals surface area contributed by atoms with Crippen LogP contribution in [-0.4, -0.2) is 20.2 Å². The van der Waals surface area contributed by atoms with Crippen LogP contribution in [-0.2, 0) is 6.42 Å². The first kappa shape index (κ1) is 10.4. The highest BCUT2D eigenvalue weighted by atomic mass is 19.2. The van der Waals surface area contributed by atoms with E-state index in [1.54, 1.807) is 0 Å². The number of methoxy groups -OCH3 is 1. The van der Waals surface area contributed by atoms with E-state index in [1.165, 1.54) is 13.2 Å². The summed E-state index contributed by atoms with van der Waals surface area (Å²) in [6, 6.07) is 2.34. The third-order valence-corrected chi connectivity index (χ3v) is 2.70. The molecule has 2 nitrogen and oxygen atoms in total. The first-order chi connectivity index (χ1) is 7.20. The number of hydrogen-bond acceptors (Lipinski definition) is 2. The lowest BCUT2D eigenvalue weighted by atomic mass is 9.94. The number of nitrogens with one attached hydrogen (secondary N) is 1. The van der Waals surface area contributed by atoms with E-state index >= 15 is 0 Å². The van der Waals surface area contributed by atoms with Gasteiger partial charge in [0.2, 0.25) is 0 Å². The Bertz CT molecular complexity index is 364. The predicted molar refractivity (Wildman–Crippen MR) is 53.0 cm³/mol. The van der Waals surface area contributed by atoms with Crippen LogP contribution in [0.25, 0.3) is 0 Å². The average Bonchev–Trinajstić information content (AvgIpc) is 2.16. The quantitative estimate of drug-likeness (QED) is 0.825. The van der Waals surface area contributed by atoms with Crippen LogP contribution in [0.2, 0.25) is 0 Å². The van der Waals surface area contributed by atoms with Gasteiger partial charge < -0.3 is 10.1 Å². The lowest BCUT2D eigenvalue weighted by Gasteiger charge is -2.27. The molecule has 4 heteroatoms. The van der Waals surface area contributed by atoms with Crippen LogP contribution in [0.3, 0.4) is 0 Å². The molecule has 0 saturated carbocycles. The van der Waals surface area contributed by atoms with Crippen molar-refractivity contribution < 1.29 is 13.5 Å². The fraction of sp³-hybridized carbons (Fsp3) is 0.455. The monoisotopic (exact) mass is 213 g/mol. The second-order valence-electron chi connectivity index (χ2n) is 3.81. The Morgan fingerprint density at radius 3 is 2.53 bits per heavy atom. The Morgan fingerprint density at radius 2 is 2.00 bits per heavy atom. The molecule has 2 rings (SSSR count). The molecule has 82 valence electrons.